The van der Waals surface area contributed by atoms with Gasteiger partial charge in [-0.2, -0.15) is 13.2 Å². The second-order valence-electron chi connectivity index (χ2n) is 7.65. The predicted octanol–water partition coefficient (Wildman–Crippen LogP) is 6.56. The molecule has 1 aromatic heterocycles. The Kier molecular flexibility index (Phi) is 6.51. The molecule has 4 nitrogen and oxygen atoms in total. The molecule has 2 aromatic carbocycles. The third kappa shape index (κ3) is 4.94. The van der Waals surface area contributed by atoms with Gasteiger partial charge in [0.2, 0.25) is 0 Å². The summed E-state index contributed by atoms with van der Waals surface area (Å²) in [4.78, 5) is 7.03. The minimum absolute atomic E-state index is 0.0271. The smallest absolute Gasteiger partial charge is 0.372 e. The average molecular weight is 501 g/mol. The molecule has 1 fully saturated rings. The largest absolute Gasteiger partial charge is 0.497 e. The first-order chi connectivity index (χ1) is 15.1. The van der Waals surface area contributed by atoms with E-state index in [1.165, 1.54) is 48.8 Å². The van der Waals surface area contributed by atoms with Crippen molar-refractivity contribution in [2.75, 3.05) is 18.0 Å². The Labute approximate surface area is 193 Å². The number of hydrogen-bond donors (Lipinski definition) is 0. The normalized spacial score (nSPS) is 15.2. The van der Waals surface area contributed by atoms with Gasteiger partial charge >= 0.3 is 5.51 Å². The van der Waals surface area contributed by atoms with E-state index in [9.17, 15) is 21.6 Å². The number of benzene rings is 2. The fraction of sp³-hybridized carbons (Fsp3) is 0.318. The van der Waals surface area contributed by atoms with E-state index in [2.05, 4.69) is 22.0 Å². The van der Waals surface area contributed by atoms with Gasteiger partial charge in [0.1, 0.15) is 5.01 Å². The number of anilines is 1. The number of piperidine rings is 1. The molecule has 1 saturated heterocycles. The van der Waals surface area contributed by atoms with Crippen LogP contribution in [0.2, 0.25) is 5.02 Å². The van der Waals surface area contributed by atoms with Gasteiger partial charge in [-0.15, -0.1) is 11.3 Å². The highest BCUT2D eigenvalue weighted by atomic mass is 35.5. The predicted molar refractivity (Wildman–Crippen MR) is 123 cm³/mol. The molecule has 0 spiro atoms. The molecule has 1 aliphatic rings. The summed E-state index contributed by atoms with van der Waals surface area (Å²) in [7, 11) is -5.27. The Balaban J connectivity index is 1.56. The zero-order valence-electron chi connectivity index (χ0n) is 16.9. The standard InChI is InChI=1S/C22H20ClF3N2O2S2/c23-19-11-15(14-32(29,30)22(24,25)26)7-8-18(19)20-13-31-21(27-20)16-5-4-6-17(12-16)28-9-2-1-3-10-28/h4-8,11-13H,1-3,9-10,14H2. The summed E-state index contributed by atoms with van der Waals surface area (Å²) >= 11 is 7.72. The van der Waals surface area contributed by atoms with Crippen molar-refractivity contribution in [2.24, 2.45) is 0 Å². The molecule has 0 radical (unpaired) electrons. The van der Waals surface area contributed by atoms with Crippen LogP contribution in [0.4, 0.5) is 18.9 Å². The molecule has 0 saturated carbocycles. The van der Waals surface area contributed by atoms with Crippen molar-refractivity contribution in [3.05, 3.63) is 58.4 Å². The average Bonchev–Trinajstić information content (AvgIpc) is 3.23. The number of hydrogen-bond acceptors (Lipinski definition) is 5. The summed E-state index contributed by atoms with van der Waals surface area (Å²) in [5, 5.41) is 2.79. The lowest BCUT2D eigenvalue weighted by atomic mass is 10.1. The van der Waals surface area contributed by atoms with Gasteiger partial charge < -0.3 is 4.90 Å². The van der Waals surface area contributed by atoms with E-state index in [-0.39, 0.29) is 10.6 Å². The van der Waals surface area contributed by atoms with Crippen LogP contribution in [-0.4, -0.2) is 32.0 Å². The Morgan fingerprint density at radius 1 is 1.06 bits per heavy atom. The topological polar surface area (TPSA) is 50.3 Å². The SMILES string of the molecule is O=S(=O)(Cc1ccc(-c2csc(-c3cccc(N4CCCCC4)c3)n2)c(Cl)c1)C(F)(F)F. The molecule has 0 atom stereocenters. The van der Waals surface area contributed by atoms with Crippen LogP contribution in [0.3, 0.4) is 0 Å². The van der Waals surface area contributed by atoms with Gasteiger partial charge in [-0.05, 0) is 43.0 Å². The zero-order chi connectivity index (χ0) is 22.9. The Hall–Kier alpha value is -2.10. The van der Waals surface area contributed by atoms with E-state index in [1.54, 1.807) is 0 Å². The molecule has 1 aliphatic heterocycles. The molecular weight excluding hydrogens is 481 g/mol. The monoisotopic (exact) mass is 500 g/mol. The van der Waals surface area contributed by atoms with Gasteiger partial charge in [0.05, 0.1) is 16.5 Å². The van der Waals surface area contributed by atoms with Crippen molar-refractivity contribution >= 4 is 38.5 Å². The number of thiazole rings is 1. The highest BCUT2D eigenvalue weighted by molar-refractivity contribution is 7.91. The summed E-state index contributed by atoms with van der Waals surface area (Å²) in [5.41, 5.74) is -2.07. The molecule has 0 N–H and O–H groups in total. The third-order valence-corrected chi connectivity index (χ3v) is 7.96. The summed E-state index contributed by atoms with van der Waals surface area (Å²) in [6.45, 7) is 2.08. The quantitative estimate of drug-likeness (QED) is 0.398. The highest BCUT2D eigenvalue weighted by Crippen LogP contribution is 2.35. The van der Waals surface area contributed by atoms with Crippen LogP contribution in [0, 0.1) is 0 Å². The van der Waals surface area contributed by atoms with Crippen LogP contribution >= 0.6 is 22.9 Å². The second-order valence-corrected chi connectivity index (χ2v) is 10.9. The number of sulfone groups is 1. The maximum absolute atomic E-state index is 12.6. The number of alkyl halides is 3. The van der Waals surface area contributed by atoms with Gasteiger partial charge in [0.15, 0.2) is 0 Å². The molecule has 10 heteroatoms. The summed E-state index contributed by atoms with van der Waals surface area (Å²) < 4.78 is 60.7. The molecular formula is C22H20ClF3N2O2S2. The summed E-state index contributed by atoms with van der Waals surface area (Å²) in [6, 6.07) is 12.3. The lowest BCUT2D eigenvalue weighted by Gasteiger charge is -2.29. The molecule has 170 valence electrons. The maximum Gasteiger partial charge on any atom is 0.497 e. The van der Waals surface area contributed by atoms with Gasteiger partial charge in [-0.1, -0.05) is 35.9 Å². The minimum atomic E-state index is -5.30. The number of nitrogens with zero attached hydrogens (tertiary/aromatic N) is 2. The van der Waals surface area contributed by atoms with Gasteiger partial charge in [-0.3, -0.25) is 0 Å². The first kappa shape index (κ1) is 23.1. The molecule has 4 rings (SSSR count). The van der Waals surface area contributed by atoms with Crippen LogP contribution in [0.25, 0.3) is 21.8 Å². The lowest BCUT2D eigenvalue weighted by molar-refractivity contribution is -0.0437. The van der Waals surface area contributed by atoms with Crippen LogP contribution in [-0.2, 0) is 15.6 Å². The minimum Gasteiger partial charge on any atom is -0.372 e. The maximum atomic E-state index is 12.6. The first-order valence-electron chi connectivity index (χ1n) is 10.0. The first-order valence-corrected chi connectivity index (χ1v) is 12.9. The van der Waals surface area contributed by atoms with Gasteiger partial charge in [0.25, 0.3) is 9.84 Å². The third-order valence-electron chi connectivity index (χ3n) is 5.34. The van der Waals surface area contributed by atoms with Crippen molar-refractivity contribution in [3.8, 4) is 21.8 Å². The van der Waals surface area contributed by atoms with E-state index in [0.29, 0.717) is 11.3 Å². The molecule has 32 heavy (non-hydrogen) atoms. The molecule has 0 unspecified atom stereocenters. The highest BCUT2D eigenvalue weighted by Gasteiger charge is 2.45. The van der Waals surface area contributed by atoms with E-state index in [1.807, 2.05) is 17.5 Å². The second kappa shape index (κ2) is 9.03. The fourth-order valence-corrected chi connectivity index (χ4v) is 5.57. The van der Waals surface area contributed by atoms with Crippen molar-refractivity contribution in [3.63, 3.8) is 0 Å². The summed E-state index contributed by atoms with van der Waals surface area (Å²) in [5.74, 6) is -1.15. The van der Waals surface area contributed by atoms with Crippen molar-refractivity contribution in [1.29, 1.82) is 0 Å². The van der Waals surface area contributed by atoms with Crippen molar-refractivity contribution in [1.82, 2.24) is 4.98 Å². The Morgan fingerprint density at radius 2 is 1.81 bits per heavy atom. The van der Waals surface area contributed by atoms with Crippen molar-refractivity contribution in [2.45, 2.75) is 30.5 Å². The molecule has 0 bridgehead atoms. The van der Waals surface area contributed by atoms with E-state index < -0.39 is 21.1 Å². The Morgan fingerprint density at radius 3 is 2.50 bits per heavy atom. The van der Waals surface area contributed by atoms with E-state index in [4.69, 9.17) is 11.6 Å². The molecule has 3 aromatic rings. The number of rotatable bonds is 5. The zero-order valence-corrected chi connectivity index (χ0v) is 19.3. The molecule has 0 aliphatic carbocycles. The summed E-state index contributed by atoms with van der Waals surface area (Å²) in [6.07, 6.45) is 3.63. The van der Waals surface area contributed by atoms with Gasteiger partial charge in [-0.25, -0.2) is 13.4 Å². The van der Waals surface area contributed by atoms with Gasteiger partial charge in [0, 0.05) is 35.3 Å². The van der Waals surface area contributed by atoms with Crippen LogP contribution in [0.5, 0.6) is 0 Å². The van der Waals surface area contributed by atoms with Crippen LogP contribution < -0.4 is 4.90 Å². The fourth-order valence-electron chi connectivity index (χ4n) is 3.68. The van der Waals surface area contributed by atoms with E-state index in [0.717, 1.165) is 29.3 Å². The molecule has 2 heterocycles. The van der Waals surface area contributed by atoms with E-state index >= 15 is 0 Å². The number of halogens is 4. The number of aromatic nitrogens is 1. The van der Waals surface area contributed by atoms with Crippen LogP contribution in [0.1, 0.15) is 24.8 Å². The lowest BCUT2D eigenvalue weighted by Crippen LogP contribution is -2.29. The Bertz CT molecular complexity index is 1220. The molecule has 0 amide bonds. The van der Waals surface area contributed by atoms with Crippen LogP contribution in [0.15, 0.2) is 47.8 Å². The van der Waals surface area contributed by atoms with Crippen molar-refractivity contribution < 1.29 is 21.6 Å².